The molecule has 2 N–H and O–H groups in total. The van der Waals surface area contributed by atoms with E-state index in [1.54, 1.807) is 24.3 Å². The average Bonchev–Trinajstić information content (AvgIpc) is 2.65. The van der Waals surface area contributed by atoms with Crippen molar-refractivity contribution in [3.05, 3.63) is 64.7 Å². The highest BCUT2D eigenvalue weighted by molar-refractivity contribution is 6.31. The minimum atomic E-state index is -0.147. The summed E-state index contributed by atoms with van der Waals surface area (Å²) in [6, 6.07) is 14.6. The second-order valence-corrected chi connectivity index (χ2v) is 6.94. The summed E-state index contributed by atoms with van der Waals surface area (Å²) in [4.78, 5) is 16.5. The molecule has 27 heavy (non-hydrogen) atoms. The highest BCUT2D eigenvalue weighted by Crippen LogP contribution is 2.17. The van der Waals surface area contributed by atoms with Crippen molar-refractivity contribution in [1.82, 2.24) is 15.2 Å². The summed E-state index contributed by atoms with van der Waals surface area (Å²) >= 11 is 6.23. The average molecular weight is 387 g/mol. The first kappa shape index (κ1) is 19.4. The molecule has 142 valence electrons. The van der Waals surface area contributed by atoms with Crippen molar-refractivity contribution in [3.8, 4) is 5.75 Å². The summed E-state index contributed by atoms with van der Waals surface area (Å²) in [6.07, 6.45) is 1.51. The predicted molar refractivity (Wildman–Crippen MR) is 107 cm³/mol. The number of nitrogens with zero attached hydrogens (tertiary/aromatic N) is 3. The van der Waals surface area contributed by atoms with Crippen LogP contribution in [0.1, 0.15) is 11.1 Å². The standard InChI is InChI=1S/C20H23ClN4O2/c21-19-7-2-1-5-17(19)14-24-8-10-25(11-9-24)15-20(27)23-22-13-16-4-3-6-18(26)12-16/h1-7,12-13,26H,8-11,14-15H2,(H,23,27)/b22-13+. The SMILES string of the molecule is O=C(CN1CCN(Cc2ccccc2Cl)CC1)N/N=C/c1cccc(O)c1. The lowest BCUT2D eigenvalue weighted by molar-refractivity contribution is -0.122. The molecule has 0 aromatic heterocycles. The number of phenolic OH excluding ortho intramolecular Hbond substituents is 1. The maximum absolute atomic E-state index is 12.0. The third-order valence-corrected chi connectivity index (χ3v) is 4.83. The second kappa shape index (κ2) is 9.50. The fourth-order valence-corrected chi connectivity index (χ4v) is 3.19. The van der Waals surface area contributed by atoms with Gasteiger partial charge in [-0.3, -0.25) is 14.6 Å². The molecular formula is C20H23ClN4O2. The minimum absolute atomic E-state index is 0.147. The van der Waals surface area contributed by atoms with Crippen LogP contribution in [0.4, 0.5) is 0 Å². The molecule has 7 heteroatoms. The normalized spacial score (nSPS) is 15.9. The van der Waals surface area contributed by atoms with E-state index in [4.69, 9.17) is 11.6 Å². The monoisotopic (exact) mass is 386 g/mol. The Hall–Kier alpha value is -2.41. The van der Waals surface area contributed by atoms with Gasteiger partial charge in [-0.05, 0) is 29.3 Å². The van der Waals surface area contributed by atoms with E-state index in [-0.39, 0.29) is 11.7 Å². The number of carbonyl (C=O) groups is 1. The molecule has 1 heterocycles. The number of rotatable bonds is 6. The van der Waals surface area contributed by atoms with Crippen LogP contribution in [0.15, 0.2) is 53.6 Å². The summed E-state index contributed by atoms with van der Waals surface area (Å²) in [5.41, 5.74) is 4.39. The molecule has 0 radical (unpaired) electrons. The van der Waals surface area contributed by atoms with Crippen LogP contribution in [0.5, 0.6) is 5.75 Å². The van der Waals surface area contributed by atoms with Crippen molar-refractivity contribution >= 4 is 23.7 Å². The van der Waals surface area contributed by atoms with Gasteiger partial charge >= 0.3 is 0 Å². The molecule has 1 fully saturated rings. The summed E-state index contributed by atoms with van der Waals surface area (Å²) in [7, 11) is 0. The van der Waals surface area contributed by atoms with Crippen molar-refractivity contribution < 1.29 is 9.90 Å². The molecule has 1 aliphatic rings. The largest absolute Gasteiger partial charge is 0.508 e. The molecule has 0 unspecified atom stereocenters. The van der Waals surface area contributed by atoms with Crippen LogP contribution in [-0.4, -0.2) is 59.8 Å². The lowest BCUT2D eigenvalue weighted by Crippen LogP contribution is -2.48. The molecule has 0 aliphatic carbocycles. The Balaban J connectivity index is 1.39. The van der Waals surface area contributed by atoms with Gasteiger partial charge in [0.1, 0.15) is 5.75 Å². The zero-order valence-electron chi connectivity index (χ0n) is 15.0. The number of nitrogens with one attached hydrogen (secondary N) is 1. The fraction of sp³-hybridized carbons (Fsp3) is 0.300. The van der Waals surface area contributed by atoms with Crippen molar-refractivity contribution in [2.24, 2.45) is 5.10 Å². The van der Waals surface area contributed by atoms with Crippen LogP contribution >= 0.6 is 11.6 Å². The molecule has 3 rings (SSSR count). The topological polar surface area (TPSA) is 68.2 Å². The van der Waals surface area contributed by atoms with E-state index in [1.165, 1.54) is 6.21 Å². The van der Waals surface area contributed by atoms with E-state index in [9.17, 15) is 9.90 Å². The van der Waals surface area contributed by atoms with Crippen LogP contribution in [0.3, 0.4) is 0 Å². The van der Waals surface area contributed by atoms with Crippen LogP contribution in [-0.2, 0) is 11.3 Å². The maximum Gasteiger partial charge on any atom is 0.254 e. The quantitative estimate of drug-likeness (QED) is 0.590. The van der Waals surface area contributed by atoms with Crippen LogP contribution in [0, 0.1) is 0 Å². The van der Waals surface area contributed by atoms with E-state index in [0.29, 0.717) is 6.54 Å². The van der Waals surface area contributed by atoms with E-state index in [1.807, 2.05) is 24.3 Å². The number of halogens is 1. The molecule has 2 aromatic carbocycles. The summed E-state index contributed by atoms with van der Waals surface area (Å²) in [5, 5.41) is 14.1. The highest BCUT2D eigenvalue weighted by atomic mass is 35.5. The smallest absolute Gasteiger partial charge is 0.254 e. The number of amides is 1. The zero-order chi connectivity index (χ0) is 19.1. The molecule has 1 saturated heterocycles. The molecule has 1 amide bonds. The summed E-state index contributed by atoms with van der Waals surface area (Å²) in [6.45, 7) is 4.59. The zero-order valence-corrected chi connectivity index (χ0v) is 15.8. The van der Waals surface area contributed by atoms with Gasteiger partial charge in [-0.25, -0.2) is 5.43 Å². The Labute approximate surface area is 164 Å². The molecular weight excluding hydrogens is 364 g/mol. The first-order chi connectivity index (χ1) is 13.1. The van der Waals surface area contributed by atoms with Crippen molar-refractivity contribution in [3.63, 3.8) is 0 Å². The van der Waals surface area contributed by atoms with Crippen LogP contribution < -0.4 is 5.43 Å². The number of hydrazone groups is 1. The first-order valence-electron chi connectivity index (χ1n) is 8.89. The second-order valence-electron chi connectivity index (χ2n) is 6.53. The number of piperazine rings is 1. The summed E-state index contributed by atoms with van der Waals surface area (Å²) in [5.74, 6) is 0.0193. The van der Waals surface area contributed by atoms with Crippen molar-refractivity contribution in [2.45, 2.75) is 6.54 Å². The molecule has 0 bridgehead atoms. The first-order valence-corrected chi connectivity index (χ1v) is 9.27. The maximum atomic E-state index is 12.0. The Kier molecular flexibility index (Phi) is 6.81. The fourth-order valence-electron chi connectivity index (χ4n) is 3.00. The van der Waals surface area contributed by atoms with Gasteiger partial charge < -0.3 is 5.11 Å². The highest BCUT2D eigenvalue weighted by Gasteiger charge is 2.19. The van der Waals surface area contributed by atoms with Crippen molar-refractivity contribution in [2.75, 3.05) is 32.7 Å². The molecule has 1 aliphatic heterocycles. The number of benzene rings is 2. The van der Waals surface area contributed by atoms with Gasteiger partial charge in [0.15, 0.2) is 0 Å². The predicted octanol–water partition coefficient (Wildman–Crippen LogP) is 2.31. The Morgan fingerprint density at radius 2 is 1.85 bits per heavy atom. The lowest BCUT2D eigenvalue weighted by atomic mass is 10.2. The third-order valence-electron chi connectivity index (χ3n) is 4.46. The van der Waals surface area contributed by atoms with Gasteiger partial charge in [0.2, 0.25) is 0 Å². The van der Waals surface area contributed by atoms with Crippen LogP contribution in [0.25, 0.3) is 0 Å². The van der Waals surface area contributed by atoms with Gasteiger partial charge in [-0.1, -0.05) is 41.9 Å². The van der Waals surface area contributed by atoms with Gasteiger partial charge in [-0.15, -0.1) is 0 Å². The lowest BCUT2D eigenvalue weighted by Gasteiger charge is -2.34. The van der Waals surface area contributed by atoms with Gasteiger partial charge in [0.25, 0.3) is 5.91 Å². The number of aromatic hydroxyl groups is 1. The minimum Gasteiger partial charge on any atom is -0.508 e. The molecule has 0 spiro atoms. The Bertz CT molecular complexity index is 804. The van der Waals surface area contributed by atoms with E-state index in [0.717, 1.165) is 48.9 Å². The van der Waals surface area contributed by atoms with Gasteiger partial charge in [0.05, 0.1) is 12.8 Å². The van der Waals surface area contributed by atoms with E-state index >= 15 is 0 Å². The Morgan fingerprint density at radius 3 is 2.59 bits per heavy atom. The van der Waals surface area contributed by atoms with Crippen LogP contribution in [0.2, 0.25) is 5.02 Å². The summed E-state index contributed by atoms with van der Waals surface area (Å²) < 4.78 is 0. The van der Waals surface area contributed by atoms with E-state index in [2.05, 4.69) is 20.3 Å². The molecule has 2 aromatic rings. The number of hydrogen-bond donors (Lipinski definition) is 2. The Morgan fingerprint density at radius 1 is 1.11 bits per heavy atom. The number of hydrogen-bond acceptors (Lipinski definition) is 5. The molecule has 6 nitrogen and oxygen atoms in total. The molecule has 0 atom stereocenters. The number of carbonyl (C=O) groups excluding carboxylic acids is 1. The van der Waals surface area contributed by atoms with Crippen molar-refractivity contribution in [1.29, 1.82) is 0 Å². The van der Waals surface area contributed by atoms with Gasteiger partial charge in [0, 0.05) is 37.7 Å². The van der Waals surface area contributed by atoms with Gasteiger partial charge in [-0.2, -0.15) is 5.10 Å². The van der Waals surface area contributed by atoms with E-state index < -0.39 is 0 Å². The molecule has 0 saturated carbocycles. The number of phenols is 1. The third kappa shape index (κ3) is 6.06.